The van der Waals surface area contributed by atoms with E-state index in [1.807, 2.05) is 30.3 Å². The van der Waals surface area contributed by atoms with Crippen molar-refractivity contribution in [2.45, 2.75) is 50.7 Å². The van der Waals surface area contributed by atoms with Gasteiger partial charge in [0.25, 0.3) is 0 Å². The highest BCUT2D eigenvalue weighted by Gasteiger charge is 2.34. The average molecular weight is 612 g/mol. The highest BCUT2D eigenvalue weighted by atomic mass is 32.2. The van der Waals surface area contributed by atoms with Gasteiger partial charge in [-0.3, -0.25) is 13.9 Å². The number of nitrogens with one attached hydrogen (secondary N) is 1. The van der Waals surface area contributed by atoms with Crippen molar-refractivity contribution in [3.63, 3.8) is 0 Å². The van der Waals surface area contributed by atoms with Gasteiger partial charge in [-0.25, -0.2) is 12.8 Å². The Bertz CT molecular complexity index is 1510. The number of nitrogens with zero attached hydrogens (tertiary/aromatic N) is 2. The maximum absolute atomic E-state index is 14.9. The van der Waals surface area contributed by atoms with Gasteiger partial charge in [-0.15, -0.1) is 0 Å². The molecule has 43 heavy (non-hydrogen) atoms. The summed E-state index contributed by atoms with van der Waals surface area (Å²) < 4.78 is 52.5. The fourth-order valence-electron chi connectivity index (χ4n) is 5.33. The molecule has 11 heteroatoms. The molecule has 0 spiro atoms. The number of amides is 2. The van der Waals surface area contributed by atoms with E-state index in [4.69, 9.17) is 9.47 Å². The minimum Gasteiger partial charge on any atom is -0.493 e. The molecule has 3 aromatic rings. The van der Waals surface area contributed by atoms with Gasteiger partial charge in [0.15, 0.2) is 11.5 Å². The molecule has 1 atom stereocenters. The molecule has 3 aromatic carbocycles. The van der Waals surface area contributed by atoms with Crippen LogP contribution in [0.25, 0.3) is 0 Å². The van der Waals surface area contributed by atoms with Crippen molar-refractivity contribution in [3.05, 3.63) is 89.7 Å². The van der Waals surface area contributed by atoms with Crippen molar-refractivity contribution in [3.8, 4) is 11.5 Å². The van der Waals surface area contributed by atoms with Crippen LogP contribution in [-0.2, 0) is 32.6 Å². The maximum atomic E-state index is 14.9. The third kappa shape index (κ3) is 8.25. The number of halogens is 1. The van der Waals surface area contributed by atoms with E-state index in [1.54, 1.807) is 24.3 Å². The lowest BCUT2D eigenvalue weighted by atomic mass is 10.0. The maximum Gasteiger partial charge on any atom is 0.244 e. The van der Waals surface area contributed by atoms with Crippen LogP contribution in [0.5, 0.6) is 11.5 Å². The molecule has 0 saturated heterocycles. The number of carbonyl (C=O) groups is 2. The Labute approximate surface area is 252 Å². The summed E-state index contributed by atoms with van der Waals surface area (Å²) in [5, 5.41) is 3.09. The van der Waals surface area contributed by atoms with Gasteiger partial charge in [-0.2, -0.15) is 0 Å². The molecule has 1 aliphatic rings. The lowest BCUT2D eigenvalue weighted by Gasteiger charge is -2.34. The third-order valence-corrected chi connectivity index (χ3v) is 8.75. The summed E-state index contributed by atoms with van der Waals surface area (Å²) in [4.78, 5) is 29.4. The smallest absolute Gasteiger partial charge is 0.244 e. The van der Waals surface area contributed by atoms with E-state index >= 15 is 0 Å². The molecular formula is C32H38FN3O6S. The number of hydrogen-bond donors (Lipinski definition) is 1. The summed E-state index contributed by atoms with van der Waals surface area (Å²) in [7, 11) is -1.10. The summed E-state index contributed by atoms with van der Waals surface area (Å²) in [6, 6.07) is 18.7. The Kier molecular flexibility index (Phi) is 10.6. The zero-order valence-electron chi connectivity index (χ0n) is 24.7. The first-order valence-electron chi connectivity index (χ1n) is 14.2. The van der Waals surface area contributed by atoms with E-state index in [0.29, 0.717) is 5.75 Å². The molecule has 4 rings (SSSR count). The number of methoxy groups -OCH3 is 2. The van der Waals surface area contributed by atoms with Gasteiger partial charge in [0.05, 0.1) is 26.2 Å². The zero-order valence-corrected chi connectivity index (χ0v) is 25.5. The third-order valence-electron chi connectivity index (χ3n) is 7.61. The van der Waals surface area contributed by atoms with Crippen LogP contribution in [0.15, 0.2) is 72.8 Å². The van der Waals surface area contributed by atoms with E-state index in [2.05, 4.69) is 5.32 Å². The number of sulfonamides is 1. The lowest BCUT2D eigenvalue weighted by molar-refractivity contribution is -0.140. The molecular weight excluding hydrogens is 573 g/mol. The largest absolute Gasteiger partial charge is 0.493 e. The van der Waals surface area contributed by atoms with Crippen LogP contribution in [0, 0.1) is 5.82 Å². The molecule has 9 nitrogen and oxygen atoms in total. The molecule has 0 heterocycles. The van der Waals surface area contributed by atoms with Crippen molar-refractivity contribution in [2.75, 3.05) is 31.3 Å². The van der Waals surface area contributed by atoms with E-state index in [9.17, 15) is 22.4 Å². The topological polar surface area (TPSA) is 105 Å². The van der Waals surface area contributed by atoms with Crippen molar-refractivity contribution in [1.29, 1.82) is 0 Å². The quantitative estimate of drug-likeness (QED) is 0.309. The Morgan fingerprint density at radius 2 is 1.60 bits per heavy atom. The Morgan fingerprint density at radius 3 is 2.23 bits per heavy atom. The molecule has 0 bridgehead atoms. The monoisotopic (exact) mass is 611 g/mol. The molecule has 1 fully saturated rings. The normalized spacial score (nSPS) is 14.1. The highest BCUT2D eigenvalue weighted by Crippen LogP contribution is 2.32. The Hall–Kier alpha value is -4.12. The molecule has 1 saturated carbocycles. The average Bonchev–Trinajstić information content (AvgIpc) is 3.51. The summed E-state index contributed by atoms with van der Waals surface area (Å²) in [5.74, 6) is -0.890. The van der Waals surface area contributed by atoms with E-state index in [-0.39, 0.29) is 41.9 Å². The van der Waals surface area contributed by atoms with Crippen molar-refractivity contribution in [2.24, 2.45) is 0 Å². The van der Waals surface area contributed by atoms with Gasteiger partial charge >= 0.3 is 0 Å². The number of carbonyl (C=O) groups excluding carboxylic acids is 2. The van der Waals surface area contributed by atoms with Crippen molar-refractivity contribution < 1.29 is 31.9 Å². The van der Waals surface area contributed by atoms with Gasteiger partial charge < -0.3 is 19.7 Å². The fourth-order valence-corrected chi connectivity index (χ4v) is 6.17. The molecule has 0 radical (unpaired) electrons. The molecule has 0 aliphatic heterocycles. The number of anilines is 1. The molecule has 1 aliphatic carbocycles. The first kappa shape index (κ1) is 31.8. The standard InChI is InChI=1S/C32H38FN3O6S/c1-41-29-18-17-26(20-30(29)42-2)36(43(3,39)40)22-31(37)35(21-24-13-7-10-16-27(24)33)28(19-23-11-5-4-6-12-23)32(38)34-25-14-8-9-15-25/h4-7,10-13,16-18,20,25,28H,8-9,14-15,19,21-22H2,1-3H3,(H,34,38). The minimum atomic E-state index is -3.98. The summed E-state index contributed by atoms with van der Waals surface area (Å²) >= 11 is 0. The summed E-state index contributed by atoms with van der Waals surface area (Å²) in [5.41, 5.74) is 1.19. The second-order valence-corrected chi connectivity index (χ2v) is 12.5. The van der Waals surface area contributed by atoms with Crippen LogP contribution >= 0.6 is 0 Å². The number of ether oxygens (including phenoxy) is 2. The van der Waals surface area contributed by atoms with E-state index < -0.39 is 34.3 Å². The predicted octanol–water partition coefficient (Wildman–Crippen LogP) is 4.31. The number of benzene rings is 3. The van der Waals surface area contributed by atoms with Crippen LogP contribution in [0.3, 0.4) is 0 Å². The number of rotatable bonds is 13. The fraction of sp³-hybridized carbons (Fsp3) is 0.375. The highest BCUT2D eigenvalue weighted by molar-refractivity contribution is 7.92. The van der Waals surface area contributed by atoms with Crippen LogP contribution in [0.2, 0.25) is 0 Å². The van der Waals surface area contributed by atoms with E-state index in [0.717, 1.165) is 41.8 Å². The lowest BCUT2D eigenvalue weighted by Crippen LogP contribution is -2.54. The molecule has 1 N–H and O–H groups in total. The Morgan fingerprint density at radius 1 is 0.953 bits per heavy atom. The minimum absolute atomic E-state index is 0.0181. The number of hydrogen-bond acceptors (Lipinski definition) is 6. The van der Waals surface area contributed by atoms with Crippen LogP contribution in [0.1, 0.15) is 36.8 Å². The molecule has 2 amide bonds. The summed E-state index contributed by atoms with van der Waals surface area (Å²) in [6.45, 7) is -0.852. The predicted molar refractivity (Wildman–Crippen MR) is 163 cm³/mol. The second-order valence-electron chi connectivity index (χ2n) is 10.6. The summed E-state index contributed by atoms with van der Waals surface area (Å²) in [6.07, 6.45) is 4.83. The molecule has 230 valence electrons. The van der Waals surface area contributed by atoms with Crippen LogP contribution in [0.4, 0.5) is 10.1 Å². The molecule has 0 aromatic heterocycles. The van der Waals surface area contributed by atoms with Crippen LogP contribution < -0.4 is 19.1 Å². The van der Waals surface area contributed by atoms with Crippen LogP contribution in [-0.4, -0.2) is 64.2 Å². The van der Waals surface area contributed by atoms with Gasteiger partial charge in [-0.05, 0) is 36.6 Å². The zero-order chi connectivity index (χ0) is 31.0. The van der Waals surface area contributed by atoms with Crippen molar-refractivity contribution >= 4 is 27.5 Å². The van der Waals surface area contributed by atoms with Gasteiger partial charge in [0.2, 0.25) is 21.8 Å². The van der Waals surface area contributed by atoms with Gasteiger partial charge in [-0.1, -0.05) is 61.4 Å². The molecule has 1 unspecified atom stereocenters. The second kappa shape index (κ2) is 14.4. The SMILES string of the molecule is COc1ccc(N(CC(=O)N(Cc2ccccc2F)C(Cc2ccccc2)C(=O)NC2CCCC2)S(C)(=O)=O)cc1OC. The van der Waals surface area contributed by atoms with Crippen molar-refractivity contribution in [1.82, 2.24) is 10.2 Å². The van der Waals surface area contributed by atoms with Gasteiger partial charge in [0, 0.05) is 30.6 Å². The first-order chi connectivity index (χ1) is 20.6. The first-order valence-corrected chi connectivity index (χ1v) is 16.0. The Balaban J connectivity index is 1.75. The van der Waals surface area contributed by atoms with Gasteiger partial charge in [0.1, 0.15) is 18.4 Å². The van der Waals surface area contributed by atoms with E-state index in [1.165, 1.54) is 37.3 Å².